The van der Waals surface area contributed by atoms with Crippen molar-refractivity contribution < 1.29 is 4.79 Å². The zero-order valence-electron chi connectivity index (χ0n) is 12.3. The van der Waals surface area contributed by atoms with Crippen LogP contribution in [0.1, 0.15) is 57.9 Å². The highest BCUT2D eigenvalue weighted by atomic mass is 79.9. The second kappa shape index (κ2) is 9.70. The highest BCUT2D eigenvalue weighted by molar-refractivity contribution is 9.10. The molecule has 20 heavy (non-hydrogen) atoms. The van der Waals surface area contributed by atoms with Crippen molar-refractivity contribution in [1.82, 2.24) is 5.43 Å². The highest BCUT2D eigenvalue weighted by Gasteiger charge is 2.02. The van der Waals surface area contributed by atoms with Gasteiger partial charge in [0.25, 0.3) is 0 Å². The number of carbonyl (C=O) groups excluding carboxylic acids is 1. The molecule has 0 spiro atoms. The molecule has 0 atom stereocenters. The van der Waals surface area contributed by atoms with E-state index >= 15 is 0 Å². The first kappa shape index (κ1) is 16.9. The van der Waals surface area contributed by atoms with Gasteiger partial charge in [0, 0.05) is 10.9 Å². The fourth-order valence-corrected chi connectivity index (χ4v) is 2.27. The molecular weight excluding hydrogens is 316 g/mol. The number of hydrogen-bond donors (Lipinski definition) is 1. The number of rotatable bonds is 8. The van der Waals surface area contributed by atoms with Gasteiger partial charge in [-0.3, -0.25) is 4.79 Å². The summed E-state index contributed by atoms with van der Waals surface area (Å²) in [5, 5.41) is 4.15. The van der Waals surface area contributed by atoms with E-state index in [0.29, 0.717) is 6.42 Å². The van der Waals surface area contributed by atoms with E-state index < -0.39 is 0 Å². The first-order valence-corrected chi connectivity index (χ1v) is 8.02. The van der Waals surface area contributed by atoms with Crippen LogP contribution in [-0.4, -0.2) is 11.6 Å². The molecule has 0 bridgehead atoms. The molecule has 0 aromatic heterocycles. The van der Waals surface area contributed by atoms with Crippen molar-refractivity contribution in [2.24, 2.45) is 5.10 Å². The Balaban J connectivity index is 2.33. The third-order valence-corrected chi connectivity index (χ3v) is 3.59. The van der Waals surface area contributed by atoms with Gasteiger partial charge in [0.05, 0.1) is 5.71 Å². The van der Waals surface area contributed by atoms with Crippen LogP contribution in [0.3, 0.4) is 0 Å². The van der Waals surface area contributed by atoms with E-state index in [9.17, 15) is 4.79 Å². The van der Waals surface area contributed by atoms with E-state index in [1.54, 1.807) is 0 Å². The summed E-state index contributed by atoms with van der Waals surface area (Å²) in [7, 11) is 0. The van der Waals surface area contributed by atoms with Gasteiger partial charge < -0.3 is 0 Å². The minimum absolute atomic E-state index is 0.00385. The summed E-state index contributed by atoms with van der Waals surface area (Å²) in [4.78, 5) is 11.7. The van der Waals surface area contributed by atoms with Crippen molar-refractivity contribution in [1.29, 1.82) is 0 Å². The van der Waals surface area contributed by atoms with Crippen LogP contribution in [-0.2, 0) is 4.79 Å². The van der Waals surface area contributed by atoms with Gasteiger partial charge in [0.1, 0.15) is 0 Å². The zero-order valence-corrected chi connectivity index (χ0v) is 13.9. The second-order valence-electron chi connectivity index (χ2n) is 4.91. The fraction of sp³-hybridized carbons (Fsp3) is 0.500. The molecule has 0 aliphatic heterocycles. The molecule has 0 saturated heterocycles. The summed E-state index contributed by atoms with van der Waals surface area (Å²) >= 11 is 3.42. The van der Waals surface area contributed by atoms with Crippen molar-refractivity contribution in [2.45, 2.75) is 52.4 Å². The molecule has 0 fully saturated rings. The maximum atomic E-state index is 11.7. The number of carbonyl (C=O) groups is 1. The van der Waals surface area contributed by atoms with Crippen molar-refractivity contribution >= 4 is 27.5 Å². The molecule has 0 radical (unpaired) electrons. The van der Waals surface area contributed by atoms with Gasteiger partial charge in [-0.15, -0.1) is 0 Å². The number of benzene rings is 1. The monoisotopic (exact) mass is 338 g/mol. The fourth-order valence-electron chi connectivity index (χ4n) is 1.87. The highest BCUT2D eigenvalue weighted by Crippen LogP contribution is 2.12. The van der Waals surface area contributed by atoms with Gasteiger partial charge in [-0.2, -0.15) is 5.10 Å². The third-order valence-electron chi connectivity index (χ3n) is 3.10. The van der Waals surface area contributed by atoms with Crippen molar-refractivity contribution in [3.05, 3.63) is 34.3 Å². The lowest BCUT2D eigenvalue weighted by Crippen LogP contribution is -2.18. The predicted octanol–water partition coefficient (Wildman–Crippen LogP) is 4.65. The molecule has 0 saturated carbocycles. The van der Waals surface area contributed by atoms with Crippen LogP contribution in [0.2, 0.25) is 0 Å². The molecule has 1 rings (SSSR count). The zero-order chi connectivity index (χ0) is 14.8. The molecule has 0 unspecified atom stereocenters. The molecule has 0 aliphatic carbocycles. The number of unbranched alkanes of at least 4 members (excludes halogenated alkanes) is 4. The Kier molecular flexibility index (Phi) is 8.19. The average molecular weight is 339 g/mol. The lowest BCUT2D eigenvalue weighted by molar-refractivity contribution is -0.121. The molecule has 0 aliphatic rings. The molecule has 0 heterocycles. The Labute approximate surface area is 130 Å². The number of nitrogens with zero attached hydrogens (tertiary/aromatic N) is 1. The molecule has 1 aromatic carbocycles. The molecule has 1 N–H and O–H groups in total. The Morgan fingerprint density at radius 2 is 2.00 bits per heavy atom. The average Bonchev–Trinajstić information content (AvgIpc) is 2.44. The summed E-state index contributed by atoms with van der Waals surface area (Å²) < 4.78 is 1.01. The van der Waals surface area contributed by atoms with E-state index in [1.165, 1.54) is 19.3 Å². The van der Waals surface area contributed by atoms with Gasteiger partial charge in [0.2, 0.25) is 5.91 Å². The van der Waals surface area contributed by atoms with Crippen molar-refractivity contribution in [2.75, 3.05) is 0 Å². The SMILES string of the molecule is CCCCCCCC(=O)NN=C(C)c1cccc(Br)c1. The largest absolute Gasteiger partial charge is 0.273 e. The number of hydrogen-bond acceptors (Lipinski definition) is 2. The first-order valence-electron chi connectivity index (χ1n) is 7.22. The van der Waals surface area contributed by atoms with Crippen LogP contribution in [0.4, 0.5) is 0 Å². The Morgan fingerprint density at radius 1 is 1.25 bits per heavy atom. The van der Waals surface area contributed by atoms with Crippen LogP contribution in [0.25, 0.3) is 0 Å². The van der Waals surface area contributed by atoms with Crippen molar-refractivity contribution in [3.8, 4) is 0 Å². The van der Waals surface area contributed by atoms with Crippen LogP contribution < -0.4 is 5.43 Å². The van der Waals surface area contributed by atoms with E-state index in [2.05, 4.69) is 33.4 Å². The van der Waals surface area contributed by atoms with Crippen LogP contribution in [0.15, 0.2) is 33.8 Å². The lowest BCUT2D eigenvalue weighted by atomic mass is 10.1. The topological polar surface area (TPSA) is 41.5 Å². The van der Waals surface area contributed by atoms with Gasteiger partial charge in [-0.1, -0.05) is 60.7 Å². The molecular formula is C16H23BrN2O. The number of amides is 1. The van der Waals surface area contributed by atoms with Gasteiger partial charge in [0.15, 0.2) is 0 Å². The number of halogens is 1. The molecule has 1 aromatic rings. The van der Waals surface area contributed by atoms with Gasteiger partial charge >= 0.3 is 0 Å². The first-order chi connectivity index (χ1) is 9.63. The Bertz CT molecular complexity index is 458. The molecule has 110 valence electrons. The molecule has 3 nitrogen and oxygen atoms in total. The Hall–Kier alpha value is -1.16. The molecule has 4 heteroatoms. The number of hydrazone groups is 1. The quantitative estimate of drug-likeness (QED) is 0.418. The molecule has 1 amide bonds. The third kappa shape index (κ3) is 6.85. The van der Waals surface area contributed by atoms with Crippen LogP contribution in [0, 0.1) is 0 Å². The number of nitrogens with one attached hydrogen (secondary N) is 1. The lowest BCUT2D eigenvalue weighted by Gasteiger charge is -2.03. The van der Waals surface area contributed by atoms with Gasteiger partial charge in [-0.05, 0) is 31.0 Å². The standard InChI is InChI=1S/C16H23BrN2O/c1-3-4-5-6-7-11-16(20)19-18-13(2)14-9-8-10-15(17)12-14/h8-10,12H,3-7,11H2,1-2H3,(H,19,20). The summed E-state index contributed by atoms with van der Waals surface area (Å²) in [6.45, 7) is 4.08. The Morgan fingerprint density at radius 3 is 2.70 bits per heavy atom. The maximum absolute atomic E-state index is 11.7. The smallest absolute Gasteiger partial charge is 0.240 e. The summed E-state index contributed by atoms with van der Waals surface area (Å²) in [5.41, 5.74) is 4.44. The summed E-state index contributed by atoms with van der Waals surface area (Å²) in [5.74, 6) is -0.00385. The van der Waals surface area contributed by atoms with Crippen LogP contribution >= 0.6 is 15.9 Å². The van der Waals surface area contributed by atoms with E-state index in [4.69, 9.17) is 0 Å². The maximum Gasteiger partial charge on any atom is 0.240 e. The summed E-state index contributed by atoms with van der Waals surface area (Å²) in [6.07, 6.45) is 6.31. The second-order valence-corrected chi connectivity index (χ2v) is 5.82. The van der Waals surface area contributed by atoms with E-state index in [1.807, 2.05) is 31.2 Å². The van der Waals surface area contributed by atoms with E-state index in [0.717, 1.165) is 28.6 Å². The van der Waals surface area contributed by atoms with Gasteiger partial charge in [-0.25, -0.2) is 5.43 Å². The minimum atomic E-state index is -0.00385. The van der Waals surface area contributed by atoms with E-state index in [-0.39, 0.29) is 5.91 Å². The minimum Gasteiger partial charge on any atom is -0.273 e. The predicted molar refractivity (Wildman–Crippen MR) is 87.9 cm³/mol. The normalized spacial score (nSPS) is 11.4. The van der Waals surface area contributed by atoms with Crippen molar-refractivity contribution in [3.63, 3.8) is 0 Å². The summed E-state index contributed by atoms with van der Waals surface area (Å²) in [6, 6.07) is 7.87. The van der Waals surface area contributed by atoms with Crippen LogP contribution in [0.5, 0.6) is 0 Å².